The molecule has 0 spiro atoms. The van der Waals surface area contributed by atoms with Crippen molar-refractivity contribution in [1.29, 1.82) is 0 Å². The second-order valence-electron chi connectivity index (χ2n) is 4.74. The van der Waals surface area contributed by atoms with Gasteiger partial charge in [0.25, 0.3) is 0 Å². The van der Waals surface area contributed by atoms with Gasteiger partial charge < -0.3 is 0 Å². The van der Waals surface area contributed by atoms with Gasteiger partial charge in [0.15, 0.2) is 0 Å². The Morgan fingerprint density at radius 2 is 2.00 bits per heavy atom. The molecule has 2 rings (SSSR count). The maximum absolute atomic E-state index is 6.27. The monoisotopic (exact) mass is 390 g/mol. The van der Waals surface area contributed by atoms with Crippen molar-refractivity contribution in [3.8, 4) is 0 Å². The molecular weight excluding hydrogens is 375 g/mol. The molecule has 0 fully saturated rings. The summed E-state index contributed by atoms with van der Waals surface area (Å²) in [4.78, 5) is 0. The van der Waals surface area contributed by atoms with E-state index in [1.54, 1.807) is 0 Å². The average Bonchev–Trinajstić information content (AvgIpc) is 2.72. The first-order valence-corrected chi connectivity index (χ1v) is 8.14. The van der Waals surface area contributed by atoms with Crippen molar-refractivity contribution >= 4 is 39.1 Å². The smallest absolute Gasteiger partial charge is 0.0766 e. The van der Waals surface area contributed by atoms with Gasteiger partial charge in [-0.05, 0) is 34.5 Å². The van der Waals surface area contributed by atoms with E-state index in [9.17, 15) is 0 Å². The summed E-state index contributed by atoms with van der Waals surface area (Å²) in [5, 5.41) is 5.68. The van der Waals surface area contributed by atoms with Crippen LogP contribution in [0.1, 0.15) is 29.9 Å². The lowest BCUT2D eigenvalue weighted by Gasteiger charge is -2.19. The number of nitrogens with one attached hydrogen (secondary N) is 1. The zero-order valence-electron chi connectivity index (χ0n) is 11.8. The molecule has 21 heavy (non-hydrogen) atoms. The van der Waals surface area contributed by atoms with Crippen LogP contribution in [0.3, 0.4) is 0 Å². The van der Waals surface area contributed by atoms with Gasteiger partial charge in [-0.1, -0.05) is 36.2 Å². The molecule has 0 amide bonds. The van der Waals surface area contributed by atoms with Crippen molar-refractivity contribution in [1.82, 2.24) is 15.2 Å². The highest BCUT2D eigenvalue weighted by atomic mass is 79.9. The molecule has 7 heteroatoms. The number of nitrogens with zero attached hydrogens (tertiary/aromatic N) is 2. The van der Waals surface area contributed by atoms with Crippen molar-refractivity contribution < 1.29 is 0 Å². The molecule has 114 valence electrons. The molecular formula is C14H17BrCl2N4. The van der Waals surface area contributed by atoms with E-state index in [1.807, 2.05) is 29.9 Å². The van der Waals surface area contributed by atoms with E-state index in [1.165, 1.54) is 0 Å². The molecule has 0 saturated heterocycles. The summed E-state index contributed by atoms with van der Waals surface area (Å²) in [6.45, 7) is 2.07. The average molecular weight is 392 g/mol. The van der Waals surface area contributed by atoms with E-state index in [0.717, 1.165) is 27.8 Å². The number of rotatable bonds is 5. The first-order chi connectivity index (χ1) is 9.99. The Balaban J connectivity index is 2.38. The van der Waals surface area contributed by atoms with Crippen LogP contribution >= 0.6 is 39.1 Å². The van der Waals surface area contributed by atoms with E-state index < -0.39 is 0 Å². The normalized spacial score (nSPS) is 12.7. The highest BCUT2D eigenvalue weighted by Gasteiger charge is 2.21. The van der Waals surface area contributed by atoms with Gasteiger partial charge in [-0.3, -0.25) is 16.0 Å². The number of benzene rings is 1. The Hall–Kier alpha value is -0.590. The number of halogens is 3. The molecule has 1 heterocycles. The van der Waals surface area contributed by atoms with Gasteiger partial charge in [-0.2, -0.15) is 5.10 Å². The maximum Gasteiger partial charge on any atom is 0.0766 e. The molecule has 1 aromatic heterocycles. The highest BCUT2D eigenvalue weighted by molar-refractivity contribution is 9.10. The molecule has 0 radical (unpaired) electrons. The van der Waals surface area contributed by atoms with Crippen molar-refractivity contribution in [2.45, 2.75) is 25.8 Å². The van der Waals surface area contributed by atoms with Gasteiger partial charge in [-0.25, -0.2) is 0 Å². The molecule has 0 aliphatic rings. The lowest BCUT2D eigenvalue weighted by atomic mass is 10.0. The van der Waals surface area contributed by atoms with Crippen molar-refractivity contribution in [3.63, 3.8) is 0 Å². The van der Waals surface area contributed by atoms with Crippen LogP contribution in [0.25, 0.3) is 0 Å². The molecule has 0 aliphatic carbocycles. The van der Waals surface area contributed by atoms with E-state index in [-0.39, 0.29) is 6.04 Å². The first kappa shape index (κ1) is 16.8. The second kappa shape index (κ2) is 7.11. The van der Waals surface area contributed by atoms with Gasteiger partial charge in [0, 0.05) is 29.1 Å². The van der Waals surface area contributed by atoms with Crippen LogP contribution < -0.4 is 11.3 Å². The summed E-state index contributed by atoms with van der Waals surface area (Å²) in [7, 11) is 1.92. The van der Waals surface area contributed by atoms with E-state index >= 15 is 0 Å². The third-order valence-electron chi connectivity index (χ3n) is 3.45. The van der Waals surface area contributed by atoms with E-state index in [4.69, 9.17) is 29.0 Å². The third-order valence-corrected chi connectivity index (χ3v) is 5.02. The van der Waals surface area contributed by atoms with Crippen LogP contribution in [0.5, 0.6) is 0 Å². The summed E-state index contributed by atoms with van der Waals surface area (Å²) in [5.41, 5.74) is 5.67. The fourth-order valence-corrected chi connectivity index (χ4v) is 3.76. The third kappa shape index (κ3) is 3.43. The zero-order chi connectivity index (χ0) is 15.6. The predicted molar refractivity (Wildman–Crippen MR) is 90.5 cm³/mol. The summed E-state index contributed by atoms with van der Waals surface area (Å²) in [6.07, 6.45) is 1.49. The van der Waals surface area contributed by atoms with Crippen LogP contribution in [0.2, 0.25) is 10.0 Å². The first-order valence-electron chi connectivity index (χ1n) is 6.59. The molecule has 3 N–H and O–H groups in total. The summed E-state index contributed by atoms with van der Waals surface area (Å²) in [5.74, 6) is 5.72. The Kier molecular flexibility index (Phi) is 5.68. The van der Waals surface area contributed by atoms with E-state index in [0.29, 0.717) is 16.5 Å². The number of hydrogen-bond acceptors (Lipinski definition) is 3. The number of hydrogen-bond donors (Lipinski definition) is 2. The lowest BCUT2D eigenvalue weighted by Crippen LogP contribution is -2.30. The van der Waals surface area contributed by atoms with Crippen molar-refractivity contribution in [2.24, 2.45) is 12.9 Å². The summed E-state index contributed by atoms with van der Waals surface area (Å²) >= 11 is 16.1. The van der Waals surface area contributed by atoms with Crippen LogP contribution in [0, 0.1) is 0 Å². The second-order valence-corrected chi connectivity index (χ2v) is 6.35. The number of aromatic nitrogens is 2. The Morgan fingerprint density at radius 1 is 1.38 bits per heavy atom. The minimum Gasteiger partial charge on any atom is -0.271 e. The number of hydrazine groups is 1. The Bertz CT molecular complexity index is 622. The van der Waals surface area contributed by atoms with Crippen molar-refractivity contribution in [3.05, 3.63) is 49.7 Å². The molecule has 2 aromatic rings. The largest absolute Gasteiger partial charge is 0.271 e. The van der Waals surface area contributed by atoms with Crippen molar-refractivity contribution in [2.75, 3.05) is 0 Å². The fourth-order valence-electron chi connectivity index (χ4n) is 2.32. The van der Waals surface area contributed by atoms with E-state index in [2.05, 4.69) is 33.4 Å². The van der Waals surface area contributed by atoms with Gasteiger partial charge in [-0.15, -0.1) is 0 Å². The van der Waals surface area contributed by atoms with Crippen LogP contribution in [0.4, 0.5) is 0 Å². The molecule has 0 bridgehead atoms. The standard InChI is InChI=1S/C14H17BrCl2N4/c1-3-10-14(15)12(21(2)20-10)7-11(19-18)13-8(16)5-4-6-9(13)17/h4-6,11,19H,3,7,18H2,1-2H3. The highest BCUT2D eigenvalue weighted by Crippen LogP contribution is 2.33. The maximum atomic E-state index is 6.27. The summed E-state index contributed by atoms with van der Waals surface area (Å²) < 4.78 is 2.87. The molecule has 1 unspecified atom stereocenters. The van der Waals surface area contributed by atoms with Crippen LogP contribution in [-0.4, -0.2) is 9.78 Å². The Labute approximate surface area is 142 Å². The fraction of sp³-hybridized carbons (Fsp3) is 0.357. The lowest BCUT2D eigenvalue weighted by molar-refractivity contribution is 0.529. The van der Waals surface area contributed by atoms with Gasteiger partial charge in [0.2, 0.25) is 0 Å². The number of nitrogens with two attached hydrogens (primary N) is 1. The molecule has 4 nitrogen and oxygen atoms in total. The van der Waals surface area contributed by atoms with Crippen LogP contribution in [0.15, 0.2) is 22.7 Å². The van der Waals surface area contributed by atoms with Gasteiger partial charge in [0.1, 0.15) is 0 Å². The molecule has 1 atom stereocenters. The molecule has 1 aromatic carbocycles. The Morgan fingerprint density at radius 3 is 2.48 bits per heavy atom. The van der Waals surface area contributed by atoms with Crippen LogP contribution in [-0.2, 0) is 19.9 Å². The minimum absolute atomic E-state index is 0.192. The summed E-state index contributed by atoms with van der Waals surface area (Å²) in [6, 6.07) is 5.24. The quantitative estimate of drug-likeness (QED) is 0.602. The SMILES string of the molecule is CCc1nn(C)c(CC(NN)c2c(Cl)cccc2Cl)c1Br. The predicted octanol–water partition coefficient (Wildman–Crippen LogP) is 3.80. The molecule has 0 saturated carbocycles. The van der Waals surface area contributed by atoms with Gasteiger partial charge in [0.05, 0.1) is 21.9 Å². The number of aryl methyl sites for hydroxylation is 2. The topological polar surface area (TPSA) is 55.9 Å². The minimum atomic E-state index is -0.192. The zero-order valence-corrected chi connectivity index (χ0v) is 14.9. The molecule has 0 aliphatic heterocycles. The van der Waals surface area contributed by atoms with Gasteiger partial charge >= 0.3 is 0 Å².